The highest BCUT2D eigenvalue weighted by molar-refractivity contribution is 7.92. The van der Waals surface area contributed by atoms with E-state index in [2.05, 4.69) is 9.46 Å². The molecule has 144 valence electrons. The van der Waals surface area contributed by atoms with E-state index >= 15 is 0 Å². The van der Waals surface area contributed by atoms with Gasteiger partial charge in [-0.05, 0) is 48.4 Å². The van der Waals surface area contributed by atoms with Gasteiger partial charge in [0.1, 0.15) is 11.5 Å². The molecule has 0 amide bonds. The van der Waals surface area contributed by atoms with Crippen LogP contribution in [-0.4, -0.2) is 26.3 Å². The highest BCUT2D eigenvalue weighted by atomic mass is 32.2. The molecule has 2 saturated carbocycles. The molecule has 2 fully saturated rings. The molecule has 1 aromatic carbocycles. The van der Waals surface area contributed by atoms with Crippen molar-refractivity contribution in [1.29, 1.82) is 0 Å². The Hall–Kier alpha value is -1.77. The number of sulfonamides is 1. The normalized spacial score (nSPS) is 27.6. The Morgan fingerprint density at radius 3 is 2.31 bits per heavy atom. The minimum absolute atomic E-state index is 0.0157. The SMILES string of the molecule is CC1(C)[C@@H]2CC[C@@]1(CS(=O)(=O)Nc1ccc(OC(F)(F)F)cc1)C(=O)C2. The third kappa shape index (κ3) is 3.28. The van der Waals surface area contributed by atoms with E-state index in [9.17, 15) is 26.4 Å². The van der Waals surface area contributed by atoms with Gasteiger partial charge in [0.25, 0.3) is 0 Å². The maximum absolute atomic E-state index is 12.6. The monoisotopic (exact) mass is 391 g/mol. The second-order valence-electron chi connectivity index (χ2n) is 7.60. The van der Waals surface area contributed by atoms with Crippen LogP contribution in [0.3, 0.4) is 0 Å². The van der Waals surface area contributed by atoms with Crippen LogP contribution in [0.25, 0.3) is 0 Å². The first-order valence-electron chi connectivity index (χ1n) is 8.24. The van der Waals surface area contributed by atoms with E-state index in [1.54, 1.807) is 0 Å². The smallest absolute Gasteiger partial charge is 0.406 e. The van der Waals surface area contributed by atoms with E-state index in [0.29, 0.717) is 12.8 Å². The molecule has 2 bridgehead atoms. The van der Waals surface area contributed by atoms with Crippen LogP contribution in [0.1, 0.15) is 33.1 Å². The van der Waals surface area contributed by atoms with E-state index in [1.807, 2.05) is 13.8 Å². The first-order chi connectivity index (χ1) is 11.8. The topological polar surface area (TPSA) is 72.5 Å². The average molecular weight is 391 g/mol. The van der Waals surface area contributed by atoms with E-state index in [4.69, 9.17) is 0 Å². The summed E-state index contributed by atoms with van der Waals surface area (Å²) in [4.78, 5) is 12.5. The molecule has 0 spiro atoms. The fourth-order valence-electron chi connectivity index (χ4n) is 4.37. The van der Waals surface area contributed by atoms with E-state index in [1.165, 1.54) is 12.1 Å². The van der Waals surface area contributed by atoms with Crippen LogP contribution in [0.2, 0.25) is 0 Å². The Morgan fingerprint density at radius 2 is 1.85 bits per heavy atom. The molecule has 0 saturated heterocycles. The number of anilines is 1. The van der Waals surface area contributed by atoms with Crippen LogP contribution >= 0.6 is 0 Å². The molecule has 1 aromatic rings. The summed E-state index contributed by atoms with van der Waals surface area (Å²) in [7, 11) is -3.85. The van der Waals surface area contributed by atoms with Gasteiger partial charge in [-0.25, -0.2) is 8.42 Å². The third-order valence-corrected chi connectivity index (χ3v) is 7.36. The Morgan fingerprint density at radius 1 is 1.23 bits per heavy atom. The molecular formula is C17H20F3NO4S. The molecule has 0 radical (unpaired) electrons. The molecule has 0 heterocycles. The van der Waals surface area contributed by atoms with Gasteiger partial charge in [-0.15, -0.1) is 13.2 Å². The van der Waals surface area contributed by atoms with Gasteiger partial charge < -0.3 is 4.74 Å². The number of hydrogen-bond acceptors (Lipinski definition) is 4. The number of alkyl halides is 3. The van der Waals surface area contributed by atoms with Crippen molar-refractivity contribution < 1.29 is 31.1 Å². The fourth-order valence-corrected chi connectivity index (χ4v) is 6.27. The van der Waals surface area contributed by atoms with Gasteiger partial charge in [-0.3, -0.25) is 9.52 Å². The van der Waals surface area contributed by atoms with E-state index in [-0.39, 0.29) is 28.6 Å². The van der Waals surface area contributed by atoms with Gasteiger partial charge in [0.2, 0.25) is 10.0 Å². The second kappa shape index (κ2) is 5.87. The molecular weight excluding hydrogens is 371 g/mol. The molecule has 1 N–H and O–H groups in total. The highest BCUT2D eigenvalue weighted by Crippen LogP contribution is 2.64. The van der Waals surface area contributed by atoms with Crippen molar-refractivity contribution in [2.24, 2.45) is 16.7 Å². The molecule has 3 rings (SSSR count). The van der Waals surface area contributed by atoms with Gasteiger partial charge in [0.15, 0.2) is 0 Å². The number of benzene rings is 1. The number of rotatable bonds is 5. The fraction of sp³-hybridized carbons (Fsp3) is 0.588. The lowest BCUT2D eigenvalue weighted by Crippen LogP contribution is -2.43. The van der Waals surface area contributed by atoms with Crippen molar-refractivity contribution in [2.45, 2.75) is 39.5 Å². The third-order valence-electron chi connectivity index (χ3n) is 5.94. The average Bonchev–Trinajstić information content (AvgIpc) is 2.81. The second-order valence-corrected chi connectivity index (χ2v) is 9.32. The summed E-state index contributed by atoms with van der Waals surface area (Å²) in [6.45, 7) is 3.88. The van der Waals surface area contributed by atoms with Gasteiger partial charge in [0.05, 0.1) is 11.2 Å². The lowest BCUT2D eigenvalue weighted by Gasteiger charge is -2.36. The zero-order valence-electron chi connectivity index (χ0n) is 14.4. The first kappa shape index (κ1) is 19.0. The molecule has 0 unspecified atom stereocenters. The molecule has 2 aliphatic rings. The number of Topliss-reactive ketones (excluding diaryl/α,β-unsaturated/α-hetero) is 1. The summed E-state index contributed by atoms with van der Waals surface area (Å²) in [5.74, 6) is -0.574. The Labute approximate surface area is 150 Å². The Balaban J connectivity index is 1.75. The van der Waals surface area contributed by atoms with Crippen LogP contribution in [0.15, 0.2) is 24.3 Å². The molecule has 26 heavy (non-hydrogen) atoms. The maximum atomic E-state index is 12.6. The van der Waals surface area contributed by atoms with Crippen molar-refractivity contribution in [3.8, 4) is 5.75 Å². The minimum Gasteiger partial charge on any atom is -0.406 e. The zero-order valence-corrected chi connectivity index (χ0v) is 15.2. The molecule has 0 aliphatic heterocycles. The van der Waals surface area contributed by atoms with Crippen molar-refractivity contribution in [3.05, 3.63) is 24.3 Å². The van der Waals surface area contributed by atoms with E-state index < -0.39 is 27.6 Å². The molecule has 9 heteroatoms. The predicted molar refractivity (Wildman–Crippen MR) is 89.1 cm³/mol. The number of ether oxygens (including phenoxy) is 1. The van der Waals surface area contributed by atoms with Gasteiger partial charge in [-0.1, -0.05) is 13.8 Å². The first-order valence-corrected chi connectivity index (χ1v) is 9.89. The summed E-state index contributed by atoms with van der Waals surface area (Å²) >= 11 is 0. The summed E-state index contributed by atoms with van der Waals surface area (Å²) < 4.78 is 67.8. The molecule has 2 atom stereocenters. The quantitative estimate of drug-likeness (QED) is 0.830. The lowest BCUT2D eigenvalue weighted by molar-refractivity contribution is -0.274. The molecule has 0 aromatic heterocycles. The minimum atomic E-state index is -4.81. The number of nitrogens with one attached hydrogen (secondary N) is 1. The van der Waals surface area contributed by atoms with Crippen LogP contribution in [0.4, 0.5) is 18.9 Å². The van der Waals surface area contributed by atoms with Crippen molar-refractivity contribution >= 4 is 21.5 Å². The number of carbonyl (C=O) groups is 1. The van der Waals surface area contributed by atoms with Crippen LogP contribution in [0, 0.1) is 16.7 Å². The molecule has 5 nitrogen and oxygen atoms in total. The van der Waals surface area contributed by atoms with Gasteiger partial charge in [-0.2, -0.15) is 0 Å². The standard InChI is InChI=1S/C17H20F3NO4S/c1-15(2)11-7-8-16(15,14(22)9-11)10-26(23,24)21-12-3-5-13(6-4-12)25-17(18,19)20/h3-6,11,21H,7-10H2,1-2H3/t11-,16-/m1/s1. The Kier molecular flexibility index (Phi) is 4.29. The van der Waals surface area contributed by atoms with Gasteiger partial charge >= 0.3 is 6.36 Å². The van der Waals surface area contributed by atoms with Crippen LogP contribution in [-0.2, 0) is 14.8 Å². The van der Waals surface area contributed by atoms with Crippen molar-refractivity contribution in [1.82, 2.24) is 0 Å². The lowest BCUT2D eigenvalue weighted by atomic mass is 9.70. The summed E-state index contributed by atoms with van der Waals surface area (Å²) in [6.07, 6.45) is -3.03. The van der Waals surface area contributed by atoms with Gasteiger partial charge in [0, 0.05) is 12.1 Å². The van der Waals surface area contributed by atoms with E-state index in [0.717, 1.165) is 18.6 Å². The highest BCUT2D eigenvalue weighted by Gasteiger charge is 2.65. The predicted octanol–water partition coefficient (Wildman–Crippen LogP) is 3.72. The van der Waals surface area contributed by atoms with Crippen LogP contribution in [0.5, 0.6) is 5.75 Å². The Bertz CT molecular complexity index is 817. The van der Waals surface area contributed by atoms with Crippen molar-refractivity contribution in [2.75, 3.05) is 10.5 Å². The molecule has 2 aliphatic carbocycles. The maximum Gasteiger partial charge on any atom is 0.573 e. The zero-order chi connectivity index (χ0) is 19.4. The number of hydrogen-bond donors (Lipinski definition) is 1. The largest absolute Gasteiger partial charge is 0.573 e. The van der Waals surface area contributed by atoms with Crippen LogP contribution < -0.4 is 9.46 Å². The number of halogens is 3. The number of carbonyl (C=O) groups excluding carboxylic acids is 1. The summed E-state index contributed by atoms with van der Waals surface area (Å²) in [5.41, 5.74) is -1.17. The van der Waals surface area contributed by atoms with Crippen molar-refractivity contribution in [3.63, 3.8) is 0 Å². The number of ketones is 1. The summed E-state index contributed by atoms with van der Waals surface area (Å²) in [5, 5.41) is 0. The number of fused-ring (bicyclic) bond motifs is 2. The summed E-state index contributed by atoms with van der Waals surface area (Å²) in [6, 6.07) is 4.44.